The molecule has 7 rings (SSSR count). The maximum absolute atomic E-state index is 2.23. The highest BCUT2D eigenvalue weighted by Gasteiger charge is 2.07. The topological polar surface area (TPSA) is 0 Å². The van der Waals surface area contributed by atoms with E-state index in [1.165, 1.54) is 49.6 Å². The smallest absolute Gasteiger partial charge is 0.0229 e. The molecule has 0 radical (unpaired) electrons. The first-order valence-electron chi connectivity index (χ1n) is 10.7. The Bertz CT molecular complexity index is 1200. The van der Waals surface area contributed by atoms with Gasteiger partial charge in [0.25, 0.3) is 0 Å². The average Bonchev–Trinajstić information content (AvgIpc) is 3.42. The fourth-order valence-corrected chi connectivity index (χ4v) is 5.91. The standard InChI is InChI=1S/2C13H10.C3H4S2/c2*1-4-10-6-2-8-12-9-3-7-11(5-1)13(10)12;1-2-4-5-3-1/h2*1-8H,9H2;1-2H,3H2. The van der Waals surface area contributed by atoms with Gasteiger partial charge in [-0.1, -0.05) is 125 Å². The van der Waals surface area contributed by atoms with Crippen molar-refractivity contribution in [1.82, 2.24) is 0 Å². The molecule has 0 unspecified atom stereocenters. The number of hydrogen-bond acceptors (Lipinski definition) is 2. The van der Waals surface area contributed by atoms with E-state index in [0.29, 0.717) is 0 Å². The van der Waals surface area contributed by atoms with Crippen LogP contribution < -0.4 is 0 Å². The molecule has 1 heterocycles. The SMILES string of the molecule is C1=CSSC1.C1=Cc2cccc3cccc(c23)C1.C1=Cc2cccc3cccc(c23)C1. The van der Waals surface area contributed by atoms with Crippen LogP contribution in [0.3, 0.4) is 0 Å². The summed E-state index contributed by atoms with van der Waals surface area (Å²) in [7, 11) is 3.69. The summed E-state index contributed by atoms with van der Waals surface area (Å²) in [5, 5.41) is 7.71. The van der Waals surface area contributed by atoms with Crippen LogP contribution in [0, 0.1) is 0 Å². The molecular formula is C29H24S2. The highest BCUT2D eigenvalue weighted by atomic mass is 33.1. The molecule has 0 N–H and O–H groups in total. The van der Waals surface area contributed by atoms with Crippen LogP contribution >= 0.6 is 21.6 Å². The van der Waals surface area contributed by atoms with Gasteiger partial charge in [0.15, 0.2) is 0 Å². The van der Waals surface area contributed by atoms with Gasteiger partial charge < -0.3 is 0 Å². The lowest BCUT2D eigenvalue weighted by Crippen LogP contribution is -1.91. The molecule has 1 aliphatic heterocycles. The first-order chi connectivity index (χ1) is 15.4. The van der Waals surface area contributed by atoms with Crippen molar-refractivity contribution in [2.75, 3.05) is 5.75 Å². The maximum atomic E-state index is 2.23. The lowest BCUT2D eigenvalue weighted by Gasteiger charge is -2.11. The molecule has 0 bridgehead atoms. The summed E-state index contributed by atoms with van der Waals surface area (Å²) in [5.74, 6) is 1.20. The van der Waals surface area contributed by atoms with Crippen LogP contribution in [0.15, 0.2) is 96.4 Å². The Balaban J connectivity index is 0.000000108. The van der Waals surface area contributed by atoms with Gasteiger partial charge in [0.1, 0.15) is 0 Å². The second kappa shape index (κ2) is 9.64. The zero-order valence-corrected chi connectivity index (χ0v) is 19.0. The second-order valence-corrected chi connectivity index (χ2v) is 10.0. The molecule has 0 spiro atoms. The van der Waals surface area contributed by atoms with Crippen LogP contribution in [-0.2, 0) is 12.8 Å². The van der Waals surface area contributed by atoms with Gasteiger partial charge in [-0.2, -0.15) is 0 Å². The molecule has 4 aromatic carbocycles. The Kier molecular flexibility index (Phi) is 6.29. The molecule has 0 fully saturated rings. The minimum atomic E-state index is 1.08. The third-order valence-electron chi connectivity index (χ3n) is 5.70. The summed E-state index contributed by atoms with van der Waals surface area (Å²) in [6.45, 7) is 0. The van der Waals surface area contributed by atoms with E-state index in [0.717, 1.165) is 12.8 Å². The minimum absolute atomic E-state index is 1.08. The van der Waals surface area contributed by atoms with Crippen LogP contribution in [-0.4, -0.2) is 5.75 Å². The molecule has 4 aromatic rings. The summed E-state index contributed by atoms with van der Waals surface area (Å²) in [4.78, 5) is 0. The molecule has 0 nitrogen and oxygen atoms in total. The van der Waals surface area contributed by atoms with E-state index in [1.807, 2.05) is 21.6 Å². The highest BCUT2D eigenvalue weighted by Crippen LogP contribution is 2.29. The third-order valence-corrected chi connectivity index (χ3v) is 7.62. The molecule has 0 saturated heterocycles. The van der Waals surface area contributed by atoms with E-state index in [9.17, 15) is 0 Å². The molecule has 0 saturated carbocycles. The molecule has 2 heteroatoms. The van der Waals surface area contributed by atoms with Gasteiger partial charge >= 0.3 is 0 Å². The van der Waals surface area contributed by atoms with Crippen molar-refractivity contribution in [3.63, 3.8) is 0 Å². The number of benzene rings is 4. The number of hydrogen-bond donors (Lipinski definition) is 0. The first kappa shape index (κ1) is 20.2. The molecule has 0 amide bonds. The zero-order valence-electron chi connectivity index (χ0n) is 17.3. The van der Waals surface area contributed by atoms with Crippen molar-refractivity contribution in [2.24, 2.45) is 0 Å². The van der Waals surface area contributed by atoms with Crippen molar-refractivity contribution in [2.45, 2.75) is 12.8 Å². The van der Waals surface area contributed by atoms with Crippen LogP contribution in [0.5, 0.6) is 0 Å². The predicted molar refractivity (Wildman–Crippen MR) is 143 cm³/mol. The van der Waals surface area contributed by atoms with Gasteiger partial charge in [-0.15, -0.1) is 0 Å². The van der Waals surface area contributed by atoms with Crippen molar-refractivity contribution in [3.05, 3.63) is 119 Å². The van der Waals surface area contributed by atoms with E-state index >= 15 is 0 Å². The molecule has 0 aromatic heterocycles. The Morgan fingerprint density at radius 2 is 1.06 bits per heavy atom. The number of allylic oxidation sites excluding steroid dienone is 2. The minimum Gasteiger partial charge on any atom is -0.0854 e. The Labute approximate surface area is 192 Å². The molecule has 31 heavy (non-hydrogen) atoms. The van der Waals surface area contributed by atoms with Crippen molar-refractivity contribution < 1.29 is 0 Å². The summed E-state index contributed by atoms with van der Waals surface area (Å²) in [5.41, 5.74) is 5.63. The van der Waals surface area contributed by atoms with Crippen LogP contribution in [0.1, 0.15) is 22.3 Å². The lowest BCUT2D eigenvalue weighted by molar-refractivity contribution is 1.29. The van der Waals surface area contributed by atoms with Crippen molar-refractivity contribution in [1.29, 1.82) is 0 Å². The van der Waals surface area contributed by atoms with Crippen LogP contribution in [0.4, 0.5) is 0 Å². The first-order valence-corrected chi connectivity index (χ1v) is 13.1. The summed E-state index contributed by atoms with van der Waals surface area (Å²) < 4.78 is 0. The average molecular weight is 437 g/mol. The van der Waals surface area contributed by atoms with Gasteiger partial charge in [0.2, 0.25) is 0 Å². The third kappa shape index (κ3) is 4.51. The summed E-state index contributed by atoms with van der Waals surface area (Å²) >= 11 is 0. The fourth-order valence-electron chi connectivity index (χ4n) is 4.34. The van der Waals surface area contributed by atoms with Crippen molar-refractivity contribution in [3.8, 4) is 0 Å². The van der Waals surface area contributed by atoms with Gasteiger partial charge in [-0.25, -0.2) is 0 Å². The predicted octanol–water partition coefficient (Wildman–Crippen LogP) is 8.71. The Hall–Kier alpha value is -2.68. The number of rotatable bonds is 0. The normalized spacial score (nSPS) is 14.7. The lowest BCUT2D eigenvalue weighted by atomic mass is 9.93. The quantitative estimate of drug-likeness (QED) is 0.253. The van der Waals surface area contributed by atoms with Gasteiger partial charge in [-0.3, -0.25) is 0 Å². The van der Waals surface area contributed by atoms with E-state index in [4.69, 9.17) is 0 Å². The van der Waals surface area contributed by atoms with E-state index in [1.54, 1.807) is 0 Å². The van der Waals surface area contributed by atoms with Crippen LogP contribution in [0.25, 0.3) is 33.7 Å². The van der Waals surface area contributed by atoms with Gasteiger partial charge in [0, 0.05) is 5.75 Å². The van der Waals surface area contributed by atoms with Gasteiger partial charge in [0.05, 0.1) is 0 Å². The Morgan fingerprint density at radius 1 is 0.548 bits per heavy atom. The molecule has 3 aliphatic rings. The second-order valence-electron chi connectivity index (χ2n) is 7.69. The Morgan fingerprint density at radius 3 is 1.48 bits per heavy atom. The molecule has 152 valence electrons. The van der Waals surface area contributed by atoms with Gasteiger partial charge in [-0.05, 0) is 62.0 Å². The monoisotopic (exact) mass is 436 g/mol. The summed E-state index contributed by atoms with van der Waals surface area (Å²) in [6.07, 6.45) is 13.2. The van der Waals surface area contributed by atoms with E-state index in [2.05, 4.69) is 109 Å². The summed E-state index contributed by atoms with van der Waals surface area (Å²) in [6, 6.07) is 26.1. The highest BCUT2D eigenvalue weighted by molar-refractivity contribution is 8.78. The van der Waals surface area contributed by atoms with E-state index < -0.39 is 0 Å². The fraction of sp³-hybridized carbons (Fsp3) is 0.103. The maximum Gasteiger partial charge on any atom is 0.0229 e. The van der Waals surface area contributed by atoms with Crippen LogP contribution in [0.2, 0.25) is 0 Å². The zero-order chi connectivity index (χ0) is 20.9. The largest absolute Gasteiger partial charge is 0.0854 e. The van der Waals surface area contributed by atoms with Crippen molar-refractivity contribution >= 4 is 55.3 Å². The van der Waals surface area contributed by atoms with E-state index in [-0.39, 0.29) is 0 Å². The molecular weight excluding hydrogens is 412 g/mol. The molecule has 2 aliphatic carbocycles. The molecule has 0 atom stereocenters.